The topological polar surface area (TPSA) is 57.5 Å². The molecule has 2 N–H and O–H groups in total. The smallest absolute Gasteiger partial charge is 0.138 e. The van der Waals surface area contributed by atoms with Gasteiger partial charge >= 0.3 is 0 Å². The highest BCUT2D eigenvalue weighted by Crippen LogP contribution is 2.35. The van der Waals surface area contributed by atoms with Crippen molar-refractivity contribution in [2.24, 2.45) is 11.8 Å². The molecule has 3 rings (SSSR count). The van der Waals surface area contributed by atoms with Crippen LogP contribution in [0.4, 0.5) is 0 Å². The molecule has 3 nitrogen and oxygen atoms in total. The van der Waals surface area contributed by atoms with Crippen LogP contribution in [0.3, 0.4) is 0 Å². The van der Waals surface area contributed by atoms with Gasteiger partial charge in [-0.2, -0.15) is 0 Å². The highest BCUT2D eigenvalue weighted by atomic mass is 16.3. The van der Waals surface area contributed by atoms with Gasteiger partial charge < -0.3 is 10.2 Å². The van der Waals surface area contributed by atoms with Gasteiger partial charge in [0.05, 0.1) is 6.10 Å². The maximum absolute atomic E-state index is 12.6. The van der Waals surface area contributed by atoms with Gasteiger partial charge in [0.25, 0.3) is 0 Å². The molecule has 0 heterocycles. The number of aryl methyl sites for hydroxylation is 4. The van der Waals surface area contributed by atoms with Crippen molar-refractivity contribution in [3.05, 3.63) is 69.8 Å². The second-order valence-electron chi connectivity index (χ2n) is 8.61. The van der Waals surface area contributed by atoms with E-state index in [0.29, 0.717) is 6.42 Å². The summed E-state index contributed by atoms with van der Waals surface area (Å²) in [7, 11) is 0. The Morgan fingerprint density at radius 2 is 1.69 bits per heavy atom. The van der Waals surface area contributed by atoms with E-state index in [4.69, 9.17) is 0 Å². The average molecular weight is 395 g/mol. The molecule has 0 aliphatic heterocycles. The first-order chi connectivity index (χ1) is 13.9. The highest BCUT2D eigenvalue weighted by Gasteiger charge is 2.40. The van der Waals surface area contributed by atoms with Crippen molar-refractivity contribution in [3.8, 4) is 0 Å². The summed E-state index contributed by atoms with van der Waals surface area (Å²) in [6.45, 7) is 6.49. The van der Waals surface area contributed by atoms with Crippen molar-refractivity contribution >= 4 is 5.78 Å². The number of ketones is 1. The van der Waals surface area contributed by atoms with Gasteiger partial charge in [0, 0.05) is 18.9 Å². The van der Waals surface area contributed by atoms with E-state index >= 15 is 0 Å². The van der Waals surface area contributed by atoms with Crippen molar-refractivity contribution < 1.29 is 15.0 Å². The Morgan fingerprint density at radius 1 is 1.00 bits per heavy atom. The molecule has 2 aromatic rings. The van der Waals surface area contributed by atoms with E-state index in [9.17, 15) is 15.0 Å². The summed E-state index contributed by atoms with van der Waals surface area (Å²) in [6, 6.07) is 12.9. The zero-order chi connectivity index (χ0) is 21.0. The van der Waals surface area contributed by atoms with Gasteiger partial charge in [0.1, 0.15) is 5.78 Å². The molecule has 0 saturated heterocycles. The largest absolute Gasteiger partial charge is 0.396 e. The van der Waals surface area contributed by atoms with Crippen molar-refractivity contribution in [3.63, 3.8) is 0 Å². The lowest BCUT2D eigenvalue weighted by Gasteiger charge is -2.22. The summed E-state index contributed by atoms with van der Waals surface area (Å²) in [5.74, 6) is 0.137. The standard InChI is InChI=1S/C26H34O3/c1-4-19-6-5-7-20(14-19)15-24-23(25(28)16-26(24)29)9-8-21-12-17(2)22(10-11-27)18(3)13-21/h5-7,12-14,23-24,26-27,29H,4,8-11,15-16H2,1-3H3/t23-,24-,26?/m1/s1. The zero-order valence-corrected chi connectivity index (χ0v) is 17.9. The molecule has 0 spiro atoms. The van der Waals surface area contributed by atoms with Gasteiger partial charge in [-0.05, 0) is 85.3 Å². The third-order valence-corrected chi connectivity index (χ3v) is 6.57. The Labute approximate surface area is 174 Å². The molecule has 1 unspecified atom stereocenters. The Hall–Kier alpha value is -1.97. The van der Waals surface area contributed by atoms with Crippen LogP contribution < -0.4 is 0 Å². The Kier molecular flexibility index (Phi) is 7.26. The molecule has 156 valence electrons. The molecule has 2 aromatic carbocycles. The fourth-order valence-corrected chi connectivity index (χ4v) is 4.97. The lowest BCUT2D eigenvalue weighted by atomic mass is 9.83. The van der Waals surface area contributed by atoms with E-state index in [2.05, 4.69) is 57.2 Å². The zero-order valence-electron chi connectivity index (χ0n) is 17.9. The summed E-state index contributed by atoms with van der Waals surface area (Å²) in [4.78, 5) is 12.6. The number of benzene rings is 2. The molecular formula is C26H34O3. The number of carbonyl (C=O) groups excluding carboxylic acids is 1. The van der Waals surface area contributed by atoms with E-state index in [1.807, 2.05) is 0 Å². The molecule has 29 heavy (non-hydrogen) atoms. The summed E-state index contributed by atoms with van der Waals surface area (Å²) in [5.41, 5.74) is 7.39. The van der Waals surface area contributed by atoms with Gasteiger partial charge in [0.2, 0.25) is 0 Å². The molecular weight excluding hydrogens is 360 g/mol. The predicted molar refractivity (Wildman–Crippen MR) is 117 cm³/mol. The van der Waals surface area contributed by atoms with Crippen molar-refractivity contribution in [1.82, 2.24) is 0 Å². The molecule has 1 aliphatic rings. The van der Waals surface area contributed by atoms with Gasteiger partial charge in [0.15, 0.2) is 0 Å². The molecule has 3 atom stereocenters. The molecule has 1 aliphatic carbocycles. The molecule has 0 aromatic heterocycles. The van der Waals surface area contributed by atoms with Crippen LogP contribution in [0, 0.1) is 25.7 Å². The third-order valence-electron chi connectivity index (χ3n) is 6.57. The van der Waals surface area contributed by atoms with E-state index in [-0.39, 0.29) is 30.6 Å². The molecule has 1 saturated carbocycles. The summed E-state index contributed by atoms with van der Waals surface area (Å²) < 4.78 is 0. The van der Waals surface area contributed by atoms with Crippen LogP contribution >= 0.6 is 0 Å². The number of hydrogen-bond acceptors (Lipinski definition) is 3. The average Bonchev–Trinajstić information content (AvgIpc) is 2.96. The fraction of sp³-hybridized carbons (Fsp3) is 0.500. The number of hydrogen-bond donors (Lipinski definition) is 2. The minimum absolute atomic E-state index is 0.00506. The highest BCUT2D eigenvalue weighted by molar-refractivity contribution is 5.84. The number of carbonyl (C=O) groups is 1. The van der Waals surface area contributed by atoms with Gasteiger partial charge in [-0.15, -0.1) is 0 Å². The molecule has 1 fully saturated rings. The SMILES string of the molecule is CCc1cccc(C[C@H]2C(O)CC(=O)[C@@H]2CCc2cc(C)c(CCO)c(C)c2)c1. The summed E-state index contributed by atoms with van der Waals surface area (Å²) in [6.07, 6.45) is 3.82. The van der Waals surface area contributed by atoms with Gasteiger partial charge in [-0.25, -0.2) is 0 Å². The molecule has 0 amide bonds. The summed E-state index contributed by atoms with van der Waals surface area (Å²) >= 11 is 0. The first kappa shape index (κ1) is 21.7. The molecule has 3 heteroatoms. The van der Waals surface area contributed by atoms with Crippen LogP contribution in [0.25, 0.3) is 0 Å². The van der Waals surface area contributed by atoms with Gasteiger partial charge in [-0.3, -0.25) is 4.79 Å². The van der Waals surface area contributed by atoms with Gasteiger partial charge in [-0.1, -0.05) is 43.3 Å². The quantitative estimate of drug-likeness (QED) is 0.707. The van der Waals surface area contributed by atoms with E-state index in [1.54, 1.807) is 0 Å². The lowest BCUT2D eigenvalue weighted by molar-refractivity contribution is -0.121. The monoisotopic (exact) mass is 394 g/mol. The Morgan fingerprint density at radius 3 is 2.34 bits per heavy atom. The fourth-order valence-electron chi connectivity index (χ4n) is 4.97. The van der Waals surface area contributed by atoms with E-state index in [0.717, 1.165) is 25.7 Å². The van der Waals surface area contributed by atoms with Crippen LogP contribution in [0.2, 0.25) is 0 Å². The van der Waals surface area contributed by atoms with Crippen molar-refractivity contribution in [1.29, 1.82) is 0 Å². The second kappa shape index (κ2) is 9.69. The van der Waals surface area contributed by atoms with Crippen LogP contribution in [0.5, 0.6) is 0 Å². The van der Waals surface area contributed by atoms with Crippen molar-refractivity contribution in [2.75, 3.05) is 6.61 Å². The minimum atomic E-state index is -0.534. The number of aliphatic hydroxyl groups excluding tert-OH is 2. The van der Waals surface area contributed by atoms with Crippen LogP contribution in [-0.4, -0.2) is 28.7 Å². The first-order valence-corrected chi connectivity index (χ1v) is 10.9. The maximum atomic E-state index is 12.6. The minimum Gasteiger partial charge on any atom is -0.396 e. The second-order valence-corrected chi connectivity index (χ2v) is 8.61. The van der Waals surface area contributed by atoms with E-state index < -0.39 is 6.10 Å². The number of Topliss-reactive ketones (excluding diaryl/α,β-unsaturated/α-hetero) is 1. The molecule has 0 radical (unpaired) electrons. The lowest BCUT2D eigenvalue weighted by Crippen LogP contribution is -2.23. The predicted octanol–water partition coefficient (Wildman–Crippen LogP) is 4.14. The van der Waals surface area contributed by atoms with Crippen LogP contribution in [0.1, 0.15) is 53.1 Å². The summed E-state index contributed by atoms with van der Waals surface area (Å²) in [5, 5.41) is 19.8. The molecule has 0 bridgehead atoms. The van der Waals surface area contributed by atoms with E-state index in [1.165, 1.54) is 33.4 Å². The number of aliphatic hydroxyl groups is 2. The van der Waals surface area contributed by atoms with Crippen molar-refractivity contribution in [2.45, 2.75) is 65.4 Å². The van der Waals surface area contributed by atoms with Crippen LogP contribution in [0.15, 0.2) is 36.4 Å². The first-order valence-electron chi connectivity index (χ1n) is 10.9. The maximum Gasteiger partial charge on any atom is 0.138 e. The Bertz CT molecular complexity index is 832. The Balaban J connectivity index is 1.72. The van der Waals surface area contributed by atoms with Crippen LogP contribution in [-0.2, 0) is 30.5 Å². The number of rotatable bonds is 8. The normalized spacial score (nSPS) is 21.7. The third kappa shape index (κ3) is 5.15.